The van der Waals surface area contributed by atoms with Crippen molar-refractivity contribution in [2.45, 2.75) is 25.3 Å². The van der Waals surface area contributed by atoms with Crippen molar-refractivity contribution < 1.29 is 28.7 Å². The van der Waals surface area contributed by atoms with Gasteiger partial charge in [0.2, 0.25) is 11.8 Å². The van der Waals surface area contributed by atoms with Crippen LogP contribution < -0.4 is 11.1 Å². The number of carbonyl (C=O) groups excluding carboxylic acids is 4. The molecule has 1 unspecified atom stereocenters. The molecule has 178 valence electrons. The molecule has 3 aliphatic heterocycles. The molecular weight excluding hydrogens is 428 g/mol. The zero-order valence-corrected chi connectivity index (χ0v) is 18.6. The summed E-state index contributed by atoms with van der Waals surface area (Å²) in [5.41, 5.74) is 7.01. The molecule has 4 amide bonds. The Morgan fingerprint density at radius 3 is 2.42 bits per heavy atom. The molecule has 3 heterocycles. The maximum atomic E-state index is 12.9. The molecule has 3 aliphatic rings. The van der Waals surface area contributed by atoms with Gasteiger partial charge in [-0.2, -0.15) is 0 Å². The highest BCUT2D eigenvalue weighted by atomic mass is 16.5. The number of nitrogens with one attached hydrogen (secondary N) is 1. The molecule has 10 nitrogen and oxygen atoms in total. The predicted molar refractivity (Wildman–Crippen MR) is 117 cm³/mol. The van der Waals surface area contributed by atoms with Crippen LogP contribution in [0.5, 0.6) is 0 Å². The number of amides is 4. The van der Waals surface area contributed by atoms with Crippen molar-refractivity contribution >= 4 is 23.6 Å². The highest BCUT2D eigenvalue weighted by Gasteiger charge is 2.44. The maximum Gasteiger partial charge on any atom is 0.262 e. The fourth-order valence-corrected chi connectivity index (χ4v) is 4.57. The Kier molecular flexibility index (Phi) is 7.49. The summed E-state index contributed by atoms with van der Waals surface area (Å²) < 4.78 is 10.8. The molecule has 33 heavy (non-hydrogen) atoms. The first kappa shape index (κ1) is 23.5. The maximum absolute atomic E-state index is 12.9. The lowest BCUT2D eigenvalue weighted by Gasteiger charge is -2.39. The van der Waals surface area contributed by atoms with Crippen LogP contribution in [0.3, 0.4) is 0 Å². The first-order chi connectivity index (χ1) is 16.0. The third-order valence-corrected chi connectivity index (χ3v) is 6.25. The lowest BCUT2D eigenvalue weighted by atomic mass is 9.91. The number of hydrogen-bond acceptors (Lipinski definition) is 8. The lowest BCUT2D eigenvalue weighted by Crippen LogP contribution is -2.54. The summed E-state index contributed by atoms with van der Waals surface area (Å²) in [5, 5.41) is 2.21. The number of piperidine rings is 1. The van der Waals surface area contributed by atoms with Gasteiger partial charge in [0.15, 0.2) is 0 Å². The van der Waals surface area contributed by atoms with Crippen molar-refractivity contribution in [3.63, 3.8) is 0 Å². The van der Waals surface area contributed by atoms with Gasteiger partial charge in [-0.3, -0.25) is 29.4 Å². The van der Waals surface area contributed by atoms with Crippen molar-refractivity contribution in [1.82, 2.24) is 15.1 Å². The SMILES string of the molecule is NCCOCCOCCN1CC(Cc2ccc3c(c2)C(=O)N(C2CCC(=O)NC2=O)C3=O)C1. The van der Waals surface area contributed by atoms with Crippen molar-refractivity contribution in [2.75, 3.05) is 52.6 Å². The van der Waals surface area contributed by atoms with E-state index in [4.69, 9.17) is 15.2 Å². The topological polar surface area (TPSA) is 131 Å². The predicted octanol–water partition coefficient (Wildman–Crippen LogP) is -0.446. The Morgan fingerprint density at radius 2 is 1.70 bits per heavy atom. The molecule has 2 saturated heterocycles. The third kappa shape index (κ3) is 5.30. The monoisotopic (exact) mass is 458 g/mol. The summed E-state index contributed by atoms with van der Waals surface area (Å²) in [6.45, 7) is 5.63. The zero-order valence-electron chi connectivity index (χ0n) is 18.6. The van der Waals surface area contributed by atoms with Crippen molar-refractivity contribution in [3.05, 3.63) is 34.9 Å². The van der Waals surface area contributed by atoms with Crippen molar-refractivity contribution in [2.24, 2.45) is 11.7 Å². The van der Waals surface area contributed by atoms with Gasteiger partial charge in [-0.05, 0) is 36.5 Å². The van der Waals surface area contributed by atoms with E-state index < -0.39 is 23.8 Å². The summed E-state index contributed by atoms with van der Waals surface area (Å²) in [5.74, 6) is -1.43. The second-order valence-electron chi connectivity index (χ2n) is 8.67. The van der Waals surface area contributed by atoms with E-state index >= 15 is 0 Å². The first-order valence-electron chi connectivity index (χ1n) is 11.4. The summed E-state index contributed by atoms with van der Waals surface area (Å²) >= 11 is 0. The Morgan fingerprint density at radius 1 is 0.970 bits per heavy atom. The average Bonchev–Trinajstić information content (AvgIpc) is 3.01. The number of ether oxygens (including phenoxy) is 2. The lowest BCUT2D eigenvalue weighted by molar-refractivity contribution is -0.136. The van der Waals surface area contributed by atoms with E-state index in [1.165, 1.54) is 0 Å². The number of nitrogens with zero attached hydrogens (tertiary/aromatic N) is 2. The Hall–Kier alpha value is -2.66. The van der Waals surface area contributed by atoms with Crippen LogP contribution in [0.1, 0.15) is 39.1 Å². The van der Waals surface area contributed by atoms with Crippen LogP contribution in [0.15, 0.2) is 18.2 Å². The molecule has 0 aromatic heterocycles. The van der Waals surface area contributed by atoms with E-state index in [0.29, 0.717) is 50.0 Å². The van der Waals surface area contributed by atoms with Gasteiger partial charge in [-0.25, -0.2) is 0 Å². The molecule has 3 N–H and O–H groups in total. The van der Waals surface area contributed by atoms with Crippen LogP contribution in [0, 0.1) is 5.92 Å². The number of rotatable bonds is 11. The molecule has 2 fully saturated rings. The van der Waals surface area contributed by atoms with Gasteiger partial charge in [0.25, 0.3) is 11.8 Å². The van der Waals surface area contributed by atoms with Crippen LogP contribution in [-0.2, 0) is 25.5 Å². The fraction of sp³-hybridized carbons (Fsp3) is 0.565. The minimum absolute atomic E-state index is 0.111. The van der Waals surface area contributed by atoms with Crippen molar-refractivity contribution in [3.8, 4) is 0 Å². The highest BCUT2D eigenvalue weighted by Crippen LogP contribution is 2.29. The molecule has 1 atom stereocenters. The molecule has 0 bridgehead atoms. The number of benzene rings is 1. The number of carbonyl (C=O) groups is 4. The largest absolute Gasteiger partial charge is 0.378 e. The van der Waals surface area contributed by atoms with Gasteiger partial charge in [-0.15, -0.1) is 0 Å². The molecule has 1 aromatic carbocycles. The summed E-state index contributed by atoms with van der Waals surface area (Å²) in [6, 6.07) is 4.39. The number of nitrogens with two attached hydrogens (primary N) is 1. The Balaban J connectivity index is 1.25. The second-order valence-corrected chi connectivity index (χ2v) is 8.67. The standard InChI is InChI=1S/C23H30N4O6/c24-5-7-32-9-10-33-8-6-26-13-16(14-26)11-15-1-2-17-18(12-15)23(31)27(22(17)30)19-3-4-20(28)25-21(19)29/h1-2,12,16,19H,3-11,13-14,24H2,(H,25,28,29). The van der Waals surface area contributed by atoms with E-state index in [2.05, 4.69) is 10.2 Å². The molecular formula is C23H30N4O6. The Labute approximate surface area is 192 Å². The number of likely N-dealkylation sites (tertiary alicyclic amines) is 1. The van der Waals surface area contributed by atoms with Gasteiger partial charge < -0.3 is 20.1 Å². The quantitative estimate of drug-likeness (QED) is 0.337. The highest BCUT2D eigenvalue weighted by molar-refractivity contribution is 6.23. The Bertz CT molecular complexity index is 930. The summed E-state index contributed by atoms with van der Waals surface area (Å²) in [7, 11) is 0. The molecule has 4 rings (SSSR count). The van der Waals surface area contributed by atoms with Crippen LogP contribution in [-0.4, -0.2) is 92.1 Å². The molecule has 10 heteroatoms. The van der Waals surface area contributed by atoms with E-state index in [9.17, 15) is 19.2 Å². The first-order valence-corrected chi connectivity index (χ1v) is 11.4. The minimum Gasteiger partial charge on any atom is -0.378 e. The fourth-order valence-electron chi connectivity index (χ4n) is 4.57. The number of fused-ring (bicyclic) bond motifs is 1. The van der Waals surface area contributed by atoms with Gasteiger partial charge in [-0.1, -0.05) is 6.07 Å². The third-order valence-electron chi connectivity index (χ3n) is 6.25. The van der Waals surface area contributed by atoms with Gasteiger partial charge in [0, 0.05) is 32.6 Å². The number of hydrogen-bond donors (Lipinski definition) is 2. The van der Waals surface area contributed by atoms with E-state index in [1.54, 1.807) is 12.1 Å². The smallest absolute Gasteiger partial charge is 0.262 e. The van der Waals surface area contributed by atoms with Crippen LogP contribution in [0.2, 0.25) is 0 Å². The van der Waals surface area contributed by atoms with Gasteiger partial charge >= 0.3 is 0 Å². The van der Waals surface area contributed by atoms with Crippen LogP contribution in [0.4, 0.5) is 0 Å². The molecule has 0 spiro atoms. The minimum atomic E-state index is -0.937. The van der Waals surface area contributed by atoms with Crippen LogP contribution in [0.25, 0.3) is 0 Å². The molecule has 0 saturated carbocycles. The summed E-state index contributed by atoms with van der Waals surface area (Å²) in [4.78, 5) is 52.6. The average molecular weight is 459 g/mol. The zero-order chi connectivity index (χ0) is 23.4. The van der Waals surface area contributed by atoms with E-state index in [0.717, 1.165) is 36.5 Å². The molecule has 0 aliphatic carbocycles. The van der Waals surface area contributed by atoms with Crippen LogP contribution >= 0.6 is 0 Å². The second kappa shape index (κ2) is 10.5. The molecule has 1 aromatic rings. The van der Waals surface area contributed by atoms with E-state index in [1.807, 2.05) is 6.07 Å². The van der Waals surface area contributed by atoms with E-state index in [-0.39, 0.29) is 18.7 Å². The molecule has 0 radical (unpaired) electrons. The number of imide groups is 2. The normalized spacial score (nSPS) is 21.4. The van der Waals surface area contributed by atoms with Crippen molar-refractivity contribution in [1.29, 1.82) is 0 Å². The summed E-state index contributed by atoms with van der Waals surface area (Å²) in [6.07, 6.45) is 1.09. The van der Waals surface area contributed by atoms with Gasteiger partial charge in [0.1, 0.15) is 6.04 Å². The van der Waals surface area contributed by atoms with Gasteiger partial charge in [0.05, 0.1) is 37.6 Å².